The number of benzene rings is 1. The first-order valence-electron chi connectivity index (χ1n) is 5.55. The Hall–Kier alpha value is -2.22. The standard InChI is InChI=1S/C15H14NO/c17-15(13-14-7-3-1-4-8-14)9-12-16-10-5-2-6-11-16/h1-12H,13H2/q+1/b12-9+. The second-order valence-corrected chi connectivity index (χ2v) is 3.77. The van der Waals surface area contributed by atoms with Gasteiger partial charge in [-0.05, 0) is 5.56 Å². The molecular weight excluding hydrogens is 210 g/mol. The maximum Gasteiger partial charge on any atom is 0.178 e. The van der Waals surface area contributed by atoms with E-state index in [4.69, 9.17) is 0 Å². The molecule has 0 amide bonds. The van der Waals surface area contributed by atoms with E-state index in [1.807, 2.05) is 65.5 Å². The van der Waals surface area contributed by atoms with E-state index >= 15 is 0 Å². The van der Waals surface area contributed by atoms with Crippen LogP contribution in [0.3, 0.4) is 0 Å². The Balaban J connectivity index is 1.96. The Morgan fingerprint density at radius 2 is 1.65 bits per heavy atom. The number of ketones is 1. The van der Waals surface area contributed by atoms with E-state index in [0.717, 1.165) is 5.56 Å². The van der Waals surface area contributed by atoms with Gasteiger partial charge in [0.15, 0.2) is 24.4 Å². The molecule has 1 heterocycles. The summed E-state index contributed by atoms with van der Waals surface area (Å²) in [7, 11) is 0. The van der Waals surface area contributed by atoms with E-state index < -0.39 is 0 Å². The van der Waals surface area contributed by atoms with Crippen molar-refractivity contribution in [2.75, 3.05) is 0 Å². The molecule has 2 rings (SSSR count). The van der Waals surface area contributed by atoms with Crippen molar-refractivity contribution in [1.29, 1.82) is 0 Å². The van der Waals surface area contributed by atoms with Gasteiger partial charge in [-0.1, -0.05) is 36.4 Å². The van der Waals surface area contributed by atoms with Crippen molar-refractivity contribution >= 4 is 12.0 Å². The molecule has 0 saturated carbocycles. The summed E-state index contributed by atoms with van der Waals surface area (Å²) in [4.78, 5) is 11.7. The molecule has 0 unspecified atom stereocenters. The molecule has 0 radical (unpaired) electrons. The highest BCUT2D eigenvalue weighted by atomic mass is 16.1. The first-order valence-corrected chi connectivity index (χ1v) is 5.55. The van der Waals surface area contributed by atoms with Crippen LogP contribution in [0.25, 0.3) is 6.20 Å². The summed E-state index contributed by atoms with van der Waals surface area (Å²) < 4.78 is 1.85. The zero-order valence-electron chi connectivity index (χ0n) is 9.49. The van der Waals surface area contributed by atoms with E-state index in [2.05, 4.69) is 0 Å². The number of carbonyl (C=O) groups excluding carboxylic acids is 1. The molecule has 0 bridgehead atoms. The number of allylic oxidation sites excluding steroid dienone is 1. The number of pyridine rings is 1. The van der Waals surface area contributed by atoms with Crippen LogP contribution < -0.4 is 4.57 Å². The molecule has 0 aliphatic heterocycles. The van der Waals surface area contributed by atoms with Crippen LogP contribution in [-0.2, 0) is 11.2 Å². The van der Waals surface area contributed by atoms with Crippen LogP contribution in [0.4, 0.5) is 0 Å². The maximum atomic E-state index is 11.7. The van der Waals surface area contributed by atoms with E-state index in [9.17, 15) is 4.79 Å². The van der Waals surface area contributed by atoms with Crippen molar-refractivity contribution in [1.82, 2.24) is 0 Å². The van der Waals surface area contributed by atoms with Crippen molar-refractivity contribution < 1.29 is 9.36 Å². The summed E-state index contributed by atoms with van der Waals surface area (Å²) in [5.41, 5.74) is 1.04. The van der Waals surface area contributed by atoms with Gasteiger partial charge in [0.2, 0.25) is 0 Å². The van der Waals surface area contributed by atoms with Crippen LogP contribution in [0, 0.1) is 0 Å². The number of hydrogen-bond donors (Lipinski definition) is 0. The van der Waals surface area contributed by atoms with Gasteiger partial charge in [0.25, 0.3) is 0 Å². The van der Waals surface area contributed by atoms with Crippen molar-refractivity contribution in [3.05, 3.63) is 72.6 Å². The summed E-state index contributed by atoms with van der Waals surface area (Å²) in [6.45, 7) is 0. The lowest BCUT2D eigenvalue weighted by atomic mass is 10.1. The first-order chi connectivity index (χ1) is 8.34. The van der Waals surface area contributed by atoms with Crippen LogP contribution in [0.15, 0.2) is 67.0 Å². The van der Waals surface area contributed by atoms with Crippen LogP contribution in [0.2, 0.25) is 0 Å². The van der Waals surface area contributed by atoms with Crippen molar-refractivity contribution in [3.63, 3.8) is 0 Å². The Bertz CT molecular complexity index is 503. The fourth-order valence-electron chi connectivity index (χ4n) is 1.54. The Kier molecular flexibility index (Phi) is 3.81. The predicted octanol–water partition coefficient (Wildman–Crippen LogP) is 2.26. The highest BCUT2D eigenvalue weighted by Crippen LogP contribution is 2.00. The topological polar surface area (TPSA) is 20.9 Å². The number of rotatable bonds is 4. The van der Waals surface area contributed by atoms with Gasteiger partial charge in [-0.25, -0.2) is 0 Å². The van der Waals surface area contributed by atoms with Crippen LogP contribution in [0.1, 0.15) is 5.56 Å². The summed E-state index contributed by atoms with van der Waals surface area (Å²) in [6, 6.07) is 15.5. The number of aromatic nitrogens is 1. The summed E-state index contributed by atoms with van der Waals surface area (Å²) in [5, 5.41) is 0. The van der Waals surface area contributed by atoms with Gasteiger partial charge in [-0.3, -0.25) is 4.79 Å². The van der Waals surface area contributed by atoms with Gasteiger partial charge >= 0.3 is 0 Å². The fourth-order valence-corrected chi connectivity index (χ4v) is 1.54. The molecule has 1 aromatic heterocycles. The van der Waals surface area contributed by atoms with Crippen molar-refractivity contribution in [2.45, 2.75) is 6.42 Å². The molecule has 17 heavy (non-hydrogen) atoms. The average Bonchev–Trinajstić information content (AvgIpc) is 2.39. The Morgan fingerprint density at radius 1 is 1.00 bits per heavy atom. The first kappa shape index (κ1) is 11.3. The van der Waals surface area contributed by atoms with E-state index in [-0.39, 0.29) is 5.78 Å². The number of carbonyl (C=O) groups is 1. The molecule has 0 aliphatic carbocycles. The molecule has 84 valence electrons. The SMILES string of the molecule is O=C(/C=C/[n+]1ccccc1)Cc1ccccc1. The van der Waals surface area contributed by atoms with Gasteiger partial charge in [0.1, 0.15) is 0 Å². The van der Waals surface area contributed by atoms with E-state index in [1.165, 1.54) is 0 Å². The molecule has 0 N–H and O–H groups in total. The van der Waals surface area contributed by atoms with Gasteiger partial charge in [0, 0.05) is 24.6 Å². The second-order valence-electron chi connectivity index (χ2n) is 3.77. The summed E-state index contributed by atoms with van der Waals surface area (Å²) >= 11 is 0. The van der Waals surface area contributed by atoms with E-state index in [0.29, 0.717) is 6.42 Å². The fraction of sp³-hybridized carbons (Fsp3) is 0.0667. The number of nitrogens with zero attached hydrogens (tertiary/aromatic N) is 1. The van der Waals surface area contributed by atoms with Gasteiger partial charge < -0.3 is 0 Å². The van der Waals surface area contributed by atoms with E-state index in [1.54, 1.807) is 12.3 Å². The molecular formula is C15H14NO+. The van der Waals surface area contributed by atoms with Crippen LogP contribution >= 0.6 is 0 Å². The molecule has 1 aromatic carbocycles. The minimum atomic E-state index is 0.104. The third-order valence-corrected chi connectivity index (χ3v) is 2.39. The Labute approximate surface area is 101 Å². The summed E-state index contributed by atoms with van der Waals surface area (Å²) in [5.74, 6) is 0.104. The number of hydrogen-bond acceptors (Lipinski definition) is 1. The normalized spacial score (nSPS) is 10.6. The maximum absolute atomic E-state index is 11.7. The van der Waals surface area contributed by atoms with Crippen molar-refractivity contribution in [3.8, 4) is 0 Å². The molecule has 2 nitrogen and oxygen atoms in total. The van der Waals surface area contributed by atoms with Gasteiger partial charge in [-0.2, -0.15) is 4.57 Å². The highest BCUT2D eigenvalue weighted by Gasteiger charge is 2.00. The molecule has 2 aromatic rings. The Morgan fingerprint density at radius 3 is 2.35 bits per heavy atom. The van der Waals surface area contributed by atoms with Gasteiger partial charge in [0.05, 0.1) is 0 Å². The van der Waals surface area contributed by atoms with Crippen LogP contribution in [0.5, 0.6) is 0 Å². The van der Waals surface area contributed by atoms with Gasteiger partial charge in [-0.15, -0.1) is 0 Å². The predicted molar refractivity (Wildman–Crippen MR) is 67.1 cm³/mol. The molecule has 0 aliphatic rings. The molecule has 0 saturated heterocycles. The van der Waals surface area contributed by atoms with Crippen molar-refractivity contribution in [2.24, 2.45) is 0 Å². The monoisotopic (exact) mass is 224 g/mol. The average molecular weight is 224 g/mol. The second kappa shape index (κ2) is 5.75. The largest absolute Gasteiger partial charge is 0.294 e. The smallest absolute Gasteiger partial charge is 0.178 e. The lowest BCUT2D eigenvalue weighted by Crippen LogP contribution is -2.24. The summed E-state index contributed by atoms with van der Waals surface area (Å²) in [6.07, 6.45) is 7.61. The molecule has 0 atom stereocenters. The zero-order chi connectivity index (χ0) is 11.9. The quantitative estimate of drug-likeness (QED) is 0.576. The lowest BCUT2D eigenvalue weighted by molar-refractivity contribution is -0.568. The third-order valence-electron chi connectivity index (χ3n) is 2.39. The van der Waals surface area contributed by atoms with Crippen LogP contribution in [-0.4, -0.2) is 5.78 Å². The lowest BCUT2D eigenvalue weighted by Gasteiger charge is -1.95. The third kappa shape index (κ3) is 3.68. The highest BCUT2D eigenvalue weighted by molar-refractivity contribution is 5.93. The minimum absolute atomic E-state index is 0.104. The minimum Gasteiger partial charge on any atom is -0.294 e. The molecule has 0 spiro atoms. The molecule has 2 heteroatoms. The zero-order valence-corrected chi connectivity index (χ0v) is 9.49. The molecule has 0 fully saturated rings.